The highest BCUT2D eigenvalue weighted by Gasteiger charge is 2.30. The SMILES string of the molecule is NNC(c1ccc(C(F)(F)F)cc1)c1ccccc1N. The number of alkyl halides is 3. The van der Waals surface area contributed by atoms with Crippen LogP contribution in [0.4, 0.5) is 18.9 Å². The van der Waals surface area contributed by atoms with Gasteiger partial charge in [0, 0.05) is 5.69 Å². The molecule has 0 spiro atoms. The number of halogens is 3. The molecule has 2 aromatic rings. The fraction of sp³-hybridized carbons (Fsp3) is 0.143. The molecule has 2 aromatic carbocycles. The largest absolute Gasteiger partial charge is 0.416 e. The zero-order valence-electron chi connectivity index (χ0n) is 10.5. The van der Waals surface area contributed by atoms with Crippen molar-refractivity contribution in [1.82, 2.24) is 5.43 Å². The number of rotatable bonds is 3. The predicted octanol–water partition coefficient (Wildman–Crippen LogP) is 2.84. The molecule has 0 aromatic heterocycles. The molecule has 0 aliphatic rings. The first-order valence-electron chi connectivity index (χ1n) is 5.91. The van der Waals surface area contributed by atoms with Gasteiger partial charge >= 0.3 is 6.18 Å². The van der Waals surface area contributed by atoms with Crippen LogP contribution in [0.5, 0.6) is 0 Å². The Bertz CT molecular complexity index is 579. The van der Waals surface area contributed by atoms with E-state index in [0.29, 0.717) is 11.3 Å². The van der Waals surface area contributed by atoms with E-state index in [4.69, 9.17) is 11.6 Å². The number of hydrogen-bond acceptors (Lipinski definition) is 3. The Labute approximate surface area is 114 Å². The quantitative estimate of drug-likeness (QED) is 0.460. The number of nitrogen functional groups attached to an aromatic ring is 1. The minimum absolute atomic E-state index is 0.460. The van der Waals surface area contributed by atoms with Crippen LogP contribution in [0.15, 0.2) is 48.5 Å². The van der Waals surface area contributed by atoms with Gasteiger partial charge in [0.05, 0.1) is 11.6 Å². The molecular weight excluding hydrogens is 267 g/mol. The lowest BCUT2D eigenvalue weighted by Crippen LogP contribution is -2.29. The Morgan fingerprint density at radius 1 is 0.950 bits per heavy atom. The van der Waals surface area contributed by atoms with Gasteiger partial charge in [0.1, 0.15) is 0 Å². The van der Waals surface area contributed by atoms with Crippen LogP contribution in [0.2, 0.25) is 0 Å². The Kier molecular flexibility index (Phi) is 3.96. The van der Waals surface area contributed by atoms with Gasteiger partial charge in [0.25, 0.3) is 0 Å². The molecule has 1 atom stereocenters. The van der Waals surface area contributed by atoms with Crippen molar-refractivity contribution in [3.05, 3.63) is 65.2 Å². The fourth-order valence-corrected chi connectivity index (χ4v) is 2.00. The van der Waals surface area contributed by atoms with Crippen LogP contribution < -0.4 is 17.0 Å². The van der Waals surface area contributed by atoms with Crippen LogP contribution in [0.1, 0.15) is 22.7 Å². The summed E-state index contributed by atoms with van der Waals surface area (Å²) in [6.07, 6.45) is -4.35. The van der Waals surface area contributed by atoms with Crippen LogP contribution in [0.3, 0.4) is 0 Å². The van der Waals surface area contributed by atoms with Gasteiger partial charge < -0.3 is 5.73 Å². The maximum absolute atomic E-state index is 12.5. The van der Waals surface area contributed by atoms with E-state index < -0.39 is 17.8 Å². The molecule has 20 heavy (non-hydrogen) atoms. The summed E-state index contributed by atoms with van der Waals surface area (Å²) >= 11 is 0. The molecule has 0 heterocycles. The molecular formula is C14H14F3N3. The van der Waals surface area contributed by atoms with Gasteiger partial charge in [-0.2, -0.15) is 13.2 Å². The maximum Gasteiger partial charge on any atom is 0.416 e. The Balaban J connectivity index is 2.36. The van der Waals surface area contributed by atoms with Crippen LogP contribution in [0.25, 0.3) is 0 Å². The summed E-state index contributed by atoms with van der Waals surface area (Å²) in [7, 11) is 0. The van der Waals surface area contributed by atoms with Gasteiger partial charge in [0.15, 0.2) is 0 Å². The van der Waals surface area contributed by atoms with E-state index in [1.165, 1.54) is 12.1 Å². The first-order chi connectivity index (χ1) is 9.43. The van der Waals surface area contributed by atoms with Crippen molar-refractivity contribution < 1.29 is 13.2 Å². The summed E-state index contributed by atoms with van der Waals surface area (Å²) < 4.78 is 37.6. The third-order valence-electron chi connectivity index (χ3n) is 3.05. The topological polar surface area (TPSA) is 64.1 Å². The summed E-state index contributed by atoms with van der Waals surface area (Å²) in [6.45, 7) is 0. The fourth-order valence-electron chi connectivity index (χ4n) is 2.00. The molecule has 0 saturated carbocycles. The molecule has 0 radical (unpaired) electrons. The zero-order valence-corrected chi connectivity index (χ0v) is 10.5. The average molecular weight is 281 g/mol. The van der Waals surface area contributed by atoms with E-state index in [1.54, 1.807) is 24.3 Å². The van der Waals surface area contributed by atoms with E-state index >= 15 is 0 Å². The van der Waals surface area contributed by atoms with Crippen LogP contribution in [-0.4, -0.2) is 0 Å². The summed E-state index contributed by atoms with van der Waals surface area (Å²) in [6, 6.07) is 11.4. The molecule has 0 saturated heterocycles. The number of para-hydroxylation sites is 1. The third-order valence-corrected chi connectivity index (χ3v) is 3.05. The van der Waals surface area contributed by atoms with Crippen molar-refractivity contribution in [1.29, 1.82) is 0 Å². The molecule has 6 heteroatoms. The van der Waals surface area contributed by atoms with Gasteiger partial charge in [-0.3, -0.25) is 5.84 Å². The van der Waals surface area contributed by atoms with E-state index in [1.807, 2.05) is 0 Å². The summed E-state index contributed by atoms with van der Waals surface area (Å²) in [5, 5.41) is 0. The molecule has 0 bridgehead atoms. The highest BCUT2D eigenvalue weighted by Crippen LogP contribution is 2.31. The van der Waals surface area contributed by atoms with Crippen molar-refractivity contribution in [2.45, 2.75) is 12.2 Å². The highest BCUT2D eigenvalue weighted by atomic mass is 19.4. The molecule has 0 amide bonds. The smallest absolute Gasteiger partial charge is 0.398 e. The molecule has 0 aliphatic heterocycles. The number of hydrogen-bond donors (Lipinski definition) is 3. The zero-order chi connectivity index (χ0) is 14.8. The first kappa shape index (κ1) is 14.4. The molecule has 0 aliphatic carbocycles. The molecule has 2 rings (SSSR count). The van der Waals surface area contributed by atoms with Gasteiger partial charge in [0.2, 0.25) is 0 Å². The minimum Gasteiger partial charge on any atom is -0.398 e. The van der Waals surface area contributed by atoms with Gasteiger partial charge in [-0.15, -0.1) is 0 Å². The Morgan fingerprint density at radius 2 is 1.55 bits per heavy atom. The van der Waals surface area contributed by atoms with Crippen molar-refractivity contribution in [3.8, 4) is 0 Å². The van der Waals surface area contributed by atoms with Crippen molar-refractivity contribution in [3.63, 3.8) is 0 Å². The monoisotopic (exact) mass is 281 g/mol. The second-order valence-corrected chi connectivity index (χ2v) is 4.35. The van der Waals surface area contributed by atoms with E-state index in [0.717, 1.165) is 17.7 Å². The normalized spacial score (nSPS) is 13.2. The van der Waals surface area contributed by atoms with Crippen molar-refractivity contribution >= 4 is 5.69 Å². The molecule has 5 N–H and O–H groups in total. The second kappa shape index (κ2) is 5.52. The number of nitrogens with two attached hydrogens (primary N) is 2. The van der Waals surface area contributed by atoms with Crippen molar-refractivity contribution in [2.24, 2.45) is 5.84 Å². The first-order valence-corrected chi connectivity index (χ1v) is 5.91. The molecule has 0 fully saturated rings. The lowest BCUT2D eigenvalue weighted by atomic mass is 9.97. The van der Waals surface area contributed by atoms with Crippen LogP contribution in [0, 0.1) is 0 Å². The number of hydrazine groups is 1. The van der Waals surface area contributed by atoms with Crippen LogP contribution >= 0.6 is 0 Å². The summed E-state index contributed by atoms with van der Waals surface area (Å²) in [5.74, 6) is 5.50. The number of benzene rings is 2. The summed E-state index contributed by atoms with van der Waals surface area (Å²) in [5.41, 5.74) is 9.58. The van der Waals surface area contributed by atoms with Gasteiger partial charge in [-0.1, -0.05) is 30.3 Å². The molecule has 106 valence electrons. The standard InChI is InChI=1S/C14H14F3N3/c15-14(16,17)10-7-5-9(6-8-10)13(20-19)11-3-1-2-4-12(11)18/h1-8,13,20H,18-19H2. The average Bonchev–Trinajstić information content (AvgIpc) is 2.41. The van der Waals surface area contributed by atoms with E-state index in [-0.39, 0.29) is 0 Å². The lowest BCUT2D eigenvalue weighted by Gasteiger charge is -2.19. The Morgan fingerprint density at radius 3 is 2.05 bits per heavy atom. The minimum atomic E-state index is -4.35. The predicted molar refractivity (Wildman–Crippen MR) is 71.5 cm³/mol. The van der Waals surface area contributed by atoms with Gasteiger partial charge in [-0.25, -0.2) is 5.43 Å². The van der Waals surface area contributed by atoms with Crippen molar-refractivity contribution in [2.75, 3.05) is 5.73 Å². The number of anilines is 1. The molecule has 1 unspecified atom stereocenters. The molecule has 3 nitrogen and oxygen atoms in total. The van der Waals surface area contributed by atoms with Crippen LogP contribution in [-0.2, 0) is 6.18 Å². The highest BCUT2D eigenvalue weighted by molar-refractivity contribution is 5.51. The van der Waals surface area contributed by atoms with E-state index in [9.17, 15) is 13.2 Å². The third kappa shape index (κ3) is 2.92. The van der Waals surface area contributed by atoms with Gasteiger partial charge in [-0.05, 0) is 29.3 Å². The Hall–Kier alpha value is -2.05. The second-order valence-electron chi connectivity index (χ2n) is 4.35. The lowest BCUT2D eigenvalue weighted by molar-refractivity contribution is -0.137. The van der Waals surface area contributed by atoms with E-state index in [2.05, 4.69) is 5.43 Å². The number of nitrogens with one attached hydrogen (secondary N) is 1. The maximum atomic E-state index is 12.5. The summed E-state index contributed by atoms with van der Waals surface area (Å²) in [4.78, 5) is 0.